The Morgan fingerprint density at radius 1 is 1.15 bits per heavy atom. The minimum Gasteiger partial charge on any atom is -0.493 e. The molecule has 0 aliphatic carbocycles. The van der Waals surface area contributed by atoms with E-state index in [-0.39, 0.29) is 23.7 Å². The van der Waals surface area contributed by atoms with Crippen LogP contribution in [0.15, 0.2) is 36.4 Å². The van der Waals surface area contributed by atoms with Crippen LogP contribution in [-0.2, 0) is 4.74 Å². The molecular formula is C18H16ClNO7. The van der Waals surface area contributed by atoms with Crippen molar-refractivity contribution < 1.29 is 28.7 Å². The van der Waals surface area contributed by atoms with E-state index in [9.17, 15) is 19.7 Å². The zero-order valence-electron chi connectivity index (χ0n) is 14.6. The van der Waals surface area contributed by atoms with E-state index in [1.807, 2.05) is 0 Å². The number of ketones is 1. The molecule has 0 spiro atoms. The van der Waals surface area contributed by atoms with Gasteiger partial charge >= 0.3 is 5.97 Å². The van der Waals surface area contributed by atoms with E-state index in [2.05, 4.69) is 0 Å². The number of rotatable bonds is 8. The maximum atomic E-state index is 12.3. The van der Waals surface area contributed by atoms with Gasteiger partial charge in [0.2, 0.25) is 0 Å². The van der Waals surface area contributed by atoms with E-state index >= 15 is 0 Å². The minimum atomic E-state index is -1.02. The lowest BCUT2D eigenvalue weighted by Gasteiger charge is -2.11. The number of hydrogen-bond donors (Lipinski definition) is 0. The number of nitro groups is 1. The molecule has 2 aromatic carbocycles. The highest BCUT2D eigenvalue weighted by atomic mass is 35.5. The van der Waals surface area contributed by atoms with Crippen LogP contribution < -0.4 is 9.47 Å². The molecule has 0 amide bonds. The van der Waals surface area contributed by atoms with Gasteiger partial charge in [0.25, 0.3) is 5.69 Å². The van der Waals surface area contributed by atoms with Crippen molar-refractivity contribution in [1.29, 1.82) is 0 Å². The highest BCUT2D eigenvalue weighted by Gasteiger charge is 2.26. The molecule has 9 heteroatoms. The van der Waals surface area contributed by atoms with Gasteiger partial charge in [0.1, 0.15) is 5.56 Å². The van der Waals surface area contributed by atoms with Crippen LogP contribution in [0.2, 0.25) is 5.02 Å². The van der Waals surface area contributed by atoms with Crippen molar-refractivity contribution >= 4 is 29.0 Å². The number of Topliss-reactive ketones (excluding diaryl/α,β-unsaturated/α-hetero) is 1. The fourth-order valence-corrected chi connectivity index (χ4v) is 2.35. The van der Waals surface area contributed by atoms with E-state index in [1.54, 1.807) is 6.92 Å². The molecule has 2 rings (SSSR count). The van der Waals surface area contributed by atoms with Crippen molar-refractivity contribution in [2.45, 2.75) is 6.92 Å². The predicted octanol–water partition coefficient (Wildman–Crippen LogP) is 3.70. The zero-order chi connectivity index (χ0) is 20.0. The van der Waals surface area contributed by atoms with Gasteiger partial charge in [0.15, 0.2) is 23.9 Å². The number of benzene rings is 2. The molecular weight excluding hydrogens is 378 g/mol. The monoisotopic (exact) mass is 393 g/mol. The first-order chi connectivity index (χ1) is 12.9. The SMILES string of the molecule is CCOc1cc(C(=O)OCC(=O)c2ccc(Cl)cc2)c([N+](=O)[O-])cc1OC. The van der Waals surface area contributed by atoms with Crippen molar-refractivity contribution in [1.82, 2.24) is 0 Å². The van der Waals surface area contributed by atoms with Crippen LogP contribution in [0.3, 0.4) is 0 Å². The first-order valence-corrected chi connectivity index (χ1v) is 8.20. The number of nitrogens with zero attached hydrogens (tertiary/aromatic N) is 1. The molecule has 0 N–H and O–H groups in total. The van der Waals surface area contributed by atoms with Crippen LogP contribution in [0.5, 0.6) is 11.5 Å². The lowest BCUT2D eigenvalue weighted by molar-refractivity contribution is -0.385. The molecule has 142 valence electrons. The lowest BCUT2D eigenvalue weighted by atomic mass is 10.1. The van der Waals surface area contributed by atoms with Gasteiger partial charge in [-0.15, -0.1) is 0 Å². The molecule has 0 heterocycles. The number of methoxy groups -OCH3 is 1. The van der Waals surface area contributed by atoms with Crippen LogP contribution in [0, 0.1) is 10.1 Å². The highest BCUT2D eigenvalue weighted by molar-refractivity contribution is 6.30. The summed E-state index contributed by atoms with van der Waals surface area (Å²) >= 11 is 5.75. The van der Waals surface area contributed by atoms with Gasteiger partial charge in [-0.05, 0) is 31.2 Å². The van der Waals surface area contributed by atoms with Gasteiger partial charge in [-0.3, -0.25) is 14.9 Å². The van der Waals surface area contributed by atoms with Crippen LogP contribution in [-0.4, -0.2) is 37.0 Å². The van der Waals surface area contributed by atoms with Crippen LogP contribution in [0.4, 0.5) is 5.69 Å². The molecule has 0 unspecified atom stereocenters. The summed E-state index contributed by atoms with van der Waals surface area (Å²) in [6.07, 6.45) is 0. The Morgan fingerprint density at radius 2 is 1.81 bits per heavy atom. The molecule has 0 fully saturated rings. The molecule has 0 radical (unpaired) electrons. The smallest absolute Gasteiger partial charge is 0.345 e. The molecule has 8 nitrogen and oxygen atoms in total. The van der Waals surface area contributed by atoms with E-state index < -0.39 is 29.0 Å². The average Bonchev–Trinajstić information content (AvgIpc) is 2.66. The molecule has 2 aromatic rings. The van der Waals surface area contributed by atoms with Gasteiger partial charge in [-0.1, -0.05) is 11.6 Å². The van der Waals surface area contributed by atoms with Crippen molar-refractivity contribution in [2.75, 3.05) is 20.3 Å². The Bertz CT molecular complexity index is 865. The average molecular weight is 394 g/mol. The van der Waals surface area contributed by atoms with Crippen LogP contribution >= 0.6 is 11.6 Å². The Labute approximate surface area is 159 Å². The summed E-state index contributed by atoms with van der Waals surface area (Å²) in [5, 5.41) is 11.7. The molecule has 0 atom stereocenters. The fraction of sp³-hybridized carbons (Fsp3) is 0.222. The van der Waals surface area contributed by atoms with Crippen LogP contribution in [0.25, 0.3) is 0 Å². The Morgan fingerprint density at radius 3 is 2.37 bits per heavy atom. The van der Waals surface area contributed by atoms with Gasteiger partial charge in [-0.25, -0.2) is 4.79 Å². The van der Waals surface area contributed by atoms with Gasteiger partial charge in [-0.2, -0.15) is 0 Å². The van der Waals surface area contributed by atoms with Crippen molar-refractivity contribution in [3.63, 3.8) is 0 Å². The summed E-state index contributed by atoms with van der Waals surface area (Å²) in [5.41, 5.74) is -0.557. The van der Waals surface area contributed by atoms with E-state index in [0.29, 0.717) is 10.6 Å². The first kappa shape index (κ1) is 20.2. The molecule has 0 saturated carbocycles. The summed E-state index contributed by atoms with van der Waals surface area (Å²) in [6.45, 7) is 1.40. The highest BCUT2D eigenvalue weighted by Crippen LogP contribution is 2.35. The topological polar surface area (TPSA) is 105 Å². The standard InChI is InChI=1S/C18H16ClNO7/c1-3-26-17-8-13(14(20(23)24)9-16(17)25-2)18(22)27-10-15(21)11-4-6-12(19)7-5-11/h4-9H,3,10H2,1-2H3. The van der Waals surface area contributed by atoms with E-state index in [1.165, 1.54) is 31.4 Å². The summed E-state index contributed by atoms with van der Waals surface area (Å²) in [4.78, 5) is 34.9. The molecule has 0 aliphatic heterocycles. The second kappa shape index (κ2) is 9.00. The Kier molecular flexibility index (Phi) is 6.73. The van der Waals surface area contributed by atoms with Gasteiger partial charge in [0.05, 0.1) is 24.7 Å². The number of ether oxygens (including phenoxy) is 3. The second-order valence-corrected chi connectivity index (χ2v) is 5.65. The molecule has 0 aromatic heterocycles. The summed E-state index contributed by atoms with van der Waals surface area (Å²) in [7, 11) is 1.32. The maximum absolute atomic E-state index is 12.3. The lowest BCUT2D eigenvalue weighted by Crippen LogP contribution is -2.15. The molecule has 0 bridgehead atoms. The Hall–Kier alpha value is -3.13. The van der Waals surface area contributed by atoms with Crippen molar-refractivity contribution in [2.24, 2.45) is 0 Å². The normalized spacial score (nSPS) is 10.2. The molecule has 27 heavy (non-hydrogen) atoms. The summed E-state index contributed by atoms with van der Waals surface area (Å²) in [5.74, 6) is -1.23. The molecule has 0 saturated heterocycles. The number of esters is 1. The molecule has 0 aliphatic rings. The number of hydrogen-bond acceptors (Lipinski definition) is 7. The van der Waals surface area contributed by atoms with Gasteiger partial charge in [0, 0.05) is 16.7 Å². The van der Waals surface area contributed by atoms with Gasteiger partial charge < -0.3 is 14.2 Å². The number of carbonyl (C=O) groups is 2. The van der Waals surface area contributed by atoms with Crippen molar-refractivity contribution in [3.8, 4) is 11.5 Å². The number of nitro benzene ring substituents is 1. The number of carbonyl (C=O) groups excluding carboxylic acids is 2. The zero-order valence-corrected chi connectivity index (χ0v) is 15.3. The third kappa shape index (κ3) is 4.95. The Balaban J connectivity index is 2.23. The van der Waals surface area contributed by atoms with Crippen molar-refractivity contribution in [3.05, 3.63) is 62.7 Å². The summed E-state index contributed by atoms with van der Waals surface area (Å²) in [6, 6.07) is 8.26. The maximum Gasteiger partial charge on any atom is 0.345 e. The summed E-state index contributed by atoms with van der Waals surface area (Å²) < 4.78 is 15.3. The minimum absolute atomic E-state index is 0.109. The van der Waals surface area contributed by atoms with Crippen LogP contribution in [0.1, 0.15) is 27.6 Å². The quantitative estimate of drug-likeness (QED) is 0.291. The third-order valence-corrected chi connectivity index (χ3v) is 3.75. The fourth-order valence-electron chi connectivity index (χ4n) is 2.22. The largest absolute Gasteiger partial charge is 0.493 e. The van der Waals surface area contributed by atoms with E-state index in [4.69, 9.17) is 25.8 Å². The number of halogens is 1. The van der Waals surface area contributed by atoms with E-state index in [0.717, 1.165) is 12.1 Å². The third-order valence-electron chi connectivity index (χ3n) is 3.50. The first-order valence-electron chi connectivity index (χ1n) is 7.82. The second-order valence-electron chi connectivity index (χ2n) is 5.22. The predicted molar refractivity (Wildman–Crippen MR) is 96.9 cm³/mol.